The second kappa shape index (κ2) is 10.5. The van der Waals surface area contributed by atoms with E-state index in [1.54, 1.807) is 0 Å². The highest BCUT2D eigenvalue weighted by molar-refractivity contribution is 8.04. The molecular weight excluding hydrogens is 458 g/mol. The number of rotatable bonds is 6. The topological polar surface area (TPSA) is 66.8 Å². The number of esters is 1. The third-order valence-electron chi connectivity index (χ3n) is 5.93. The average Bonchev–Trinajstić information content (AvgIpc) is 2.76. The zero-order valence-corrected chi connectivity index (χ0v) is 22.7. The van der Waals surface area contributed by atoms with Gasteiger partial charge in [-0.15, -0.1) is 0 Å². The van der Waals surface area contributed by atoms with Crippen LogP contribution in [0.2, 0.25) is 0 Å². The molecule has 1 aliphatic heterocycles. The monoisotopic (exact) mass is 495 g/mol. The third kappa shape index (κ3) is 6.29. The van der Waals surface area contributed by atoms with E-state index in [1.165, 1.54) is 16.7 Å². The first kappa shape index (κ1) is 26.9. The molecule has 2 aromatic carbocycles. The molecule has 5 nitrogen and oxygen atoms in total. The lowest BCUT2D eigenvalue weighted by Crippen LogP contribution is -2.39. The van der Waals surface area contributed by atoms with Gasteiger partial charge >= 0.3 is 5.97 Å². The highest BCUT2D eigenvalue weighted by Crippen LogP contribution is 2.44. The molecule has 1 amide bonds. The number of nitrogens with zero attached hydrogens (tertiary/aromatic N) is 1. The number of carbonyl (C=O) groups excluding carboxylic acids is 2. The molecule has 2 aromatic rings. The summed E-state index contributed by atoms with van der Waals surface area (Å²) in [7, 11) is 0. The van der Waals surface area contributed by atoms with Crippen molar-refractivity contribution in [3.8, 4) is 5.75 Å². The van der Waals surface area contributed by atoms with Crippen LogP contribution in [0, 0.1) is 0 Å². The number of hydrogen-bond acceptors (Lipinski definition) is 5. The first-order valence-corrected chi connectivity index (χ1v) is 13.0. The Hall–Kier alpha value is -2.73. The predicted octanol–water partition coefficient (Wildman–Crippen LogP) is 6.81. The Morgan fingerprint density at radius 1 is 1.06 bits per heavy atom. The highest BCUT2D eigenvalue weighted by Gasteiger charge is 2.32. The maximum Gasteiger partial charge on any atom is 0.326 e. The number of aromatic hydroxyl groups is 1. The minimum Gasteiger partial charge on any atom is -0.507 e. The fraction of sp³-hybridized carbons (Fsp3) is 0.448. The highest BCUT2D eigenvalue weighted by atomic mass is 32.2. The zero-order valence-electron chi connectivity index (χ0n) is 21.9. The third-order valence-corrected chi connectivity index (χ3v) is 7.00. The van der Waals surface area contributed by atoms with Gasteiger partial charge < -0.3 is 9.84 Å². The van der Waals surface area contributed by atoms with Crippen LogP contribution < -0.4 is 4.90 Å². The van der Waals surface area contributed by atoms with Crippen molar-refractivity contribution in [1.82, 2.24) is 0 Å². The first-order chi connectivity index (χ1) is 16.3. The van der Waals surface area contributed by atoms with Crippen molar-refractivity contribution in [2.24, 2.45) is 0 Å². The van der Waals surface area contributed by atoms with Crippen LogP contribution in [0.3, 0.4) is 0 Å². The molecule has 0 spiro atoms. The van der Waals surface area contributed by atoms with Crippen molar-refractivity contribution in [1.29, 1.82) is 0 Å². The zero-order chi connectivity index (χ0) is 26.0. The predicted molar refractivity (Wildman–Crippen MR) is 144 cm³/mol. The van der Waals surface area contributed by atoms with Crippen molar-refractivity contribution >= 4 is 35.4 Å². The molecule has 0 fully saturated rings. The number of amides is 1. The van der Waals surface area contributed by atoms with Crippen molar-refractivity contribution in [2.75, 3.05) is 18.1 Å². The number of carbonyl (C=O) groups is 2. The van der Waals surface area contributed by atoms with Crippen LogP contribution in [-0.4, -0.2) is 30.1 Å². The number of ether oxygens (including phenoxy) is 1. The Morgan fingerprint density at radius 3 is 2.23 bits per heavy atom. The molecule has 0 atom stereocenters. The summed E-state index contributed by atoms with van der Waals surface area (Å²) in [5.74, 6) is -0.345. The Balaban J connectivity index is 2.05. The molecule has 0 saturated carbocycles. The average molecular weight is 496 g/mol. The molecule has 0 bridgehead atoms. The molecule has 6 heteroatoms. The van der Waals surface area contributed by atoms with E-state index in [0.717, 1.165) is 34.4 Å². The Bertz CT molecular complexity index is 1100. The fourth-order valence-corrected chi connectivity index (χ4v) is 5.02. The van der Waals surface area contributed by atoms with Crippen molar-refractivity contribution in [3.63, 3.8) is 0 Å². The number of benzene rings is 2. The number of anilines is 1. The number of fused-ring (bicyclic) bond motifs is 1. The lowest BCUT2D eigenvalue weighted by atomic mass is 9.78. The van der Waals surface area contributed by atoms with Crippen LogP contribution >= 0.6 is 11.8 Å². The number of hydrogen-bond donors (Lipinski definition) is 1. The van der Waals surface area contributed by atoms with Crippen LogP contribution in [-0.2, 0) is 25.2 Å². The molecule has 35 heavy (non-hydrogen) atoms. The van der Waals surface area contributed by atoms with E-state index in [0.29, 0.717) is 22.9 Å². The summed E-state index contributed by atoms with van der Waals surface area (Å²) in [6, 6.07) is 11.5. The number of phenolic OH excluding ortho intramolecular Hbond substituents is 1. The molecule has 1 heterocycles. The van der Waals surface area contributed by atoms with Gasteiger partial charge in [-0.2, -0.15) is 0 Å². The van der Waals surface area contributed by atoms with E-state index in [4.69, 9.17) is 4.74 Å². The normalized spacial score (nSPS) is 15.3. The van der Waals surface area contributed by atoms with Crippen molar-refractivity contribution < 1.29 is 19.4 Å². The van der Waals surface area contributed by atoms with Gasteiger partial charge in [-0.1, -0.05) is 78.8 Å². The second-order valence-corrected chi connectivity index (χ2v) is 12.1. The molecule has 1 N–H and O–H groups in total. The molecule has 0 radical (unpaired) electrons. The molecule has 188 valence electrons. The van der Waals surface area contributed by atoms with E-state index in [-0.39, 0.29) is 23.3 Å². The summed E-state index contributed by atoms with van der Waals surface area (Å²) < 4.78 is 5.33. The summed E-state index contributed by atoms with van der Waals surface area (Å²) >= 11 is 1.40. The van der Waals surface area contributed by atoms with Crippen molar-refractivity contribution in [3.05, 3.63) is 58.0 Å². The Labute approximate surface area is 213 Å². The summed E-state index contributed by atoms with van der Waals surface area (Å²) in [5.41, 5.74) is 2.68. The smallest absolute Gasteiger partial charge is 0.326 e. The van der Waals surface area contributed by atoms with E-state index in [1.807, 2.05) is 49.4 Å². The lowest BCUT2D eigenvalue weighted by Gasteiger charge is -2.30. The number of phenols is 1. The van der Waals surface area contributed by atoms with Crippen molar-refractivity contribution in [2.45, 2.75) is 77.0 Å². The van der Waals surface area contributed by atoms with Crippen LogP contribution in [0.25, 0.3) is 6.08 Å². The van der Waals surface area contributed by atoms with Crippen LogP contribution in [0.1, 0.15) is 78.0 Å². The summed E-state index contributed by atoms with van der Waals surface area (Å²) in [5, 5.41) is 11.0. The van der Waals surface area contributed by atoms with E-state index in [9.17, 15) is 14.7 Å². The summed E-state index contributed by atoms with van der Waals surface area (Å²) in [6.07, 6.45) is 3.59. The molecule has 0 saturated heterocycles. The number of unbranched alkanes of at least 4 members (excludes halogenated alkanes) is 1. The maximum absolute atomic E-state index is 13.6. The Kier molecular flexibility index (Phi) is 8.05. The quantitative estimate of drug-likeness (QED) is 0.271. The lowest BCUT2D eigenvalue weighted by molar-refractivity contribution is -0.142. The van der Waals surface area contributed by atoms with Crippen LogP contribution in [0.4, 0.5) is 5.69 Å². The maximum atomic E-state index is 13.6. The van der Waals surface area contributed by atoms with Gasteiger partial charge in [-0.05, 0) is 53.2 Å². The molecule has 0 aromatic heterocycles. The molecule has 0 unspecified atom stereocenters. The van der Waals surface area contributed by atoms with Gasteiger partial charge in [0.1, 0.15) is 12.3 Å². The minimum atomic E-state index is -0.414. The largest absolute Gasteiger partial charge is 0.507 e. The van der Waals surface area contributed by atoms with Crippen LogP contribution in [0.5, 0.6) is 5.75 Å². The standard InChI is InChI=1S/C29H37NO4S/c1-8-9-14-34-25(31)18-30-22-12-10-11-13-23(22)35-24(27(30)33)17-19-15-20(28(2,3)4)26(32)21(16-19)29(5,6)7/h10-13,15-17,32H,8-9,14,18H2,1-7H3/b24-17-. The van der Waals surface area contributed by atoms with Gasteiger partial charge in [0.15, 0.2) is 0 Å². The van der Waals surface area contributed by atoms with Gasteiger partial charge in [0.05, 0.1) is 17.2 Å². The van der Waals surface area contributed by atoms with Gasteiger partial charge in [0.2, 0.25) is 0 Å². The van der Waals surface area contributed by atoms with Gasteiger partial charge in [0.25, 0.3) is 5.91 Å². The number of thioether (sulfide) groups is 1. The summed E-state index contributed by atoms with van der Waals surface area (Å²) in [6.45, 7) is 14.6. The SMILES string of the molecule is CCCCOC(=O)CN1C(=O)/C(=C/c2cc(C(C)(C)C)c(O)c(C(C)(C)C)c2)Sc2ccccc21. The molecular formula is C29H37NO4S. The minimum absolute atomic E-state index is 0.131. The van der Waals surface area contributed by atoms with E-state index < -0.39 is 5.97 Å². The second-order valence-electron chi connectivity index (χ2n) is 11.0. The van der Waals surface area contributed by atoms with E-state index in [2.05, 4.69) is 41.5 Å². The summed E-state index contributed by atoms with van der Waals surface area (Å²) in [4.78, 5) is 29.0. The molecule has 0 aliphatic carbocycles. The number of para-hydroxylation sites is 1. The van der Waals surface area contributed by atoms with Gasteiger partial charge in [0, 0.05) is 16.0 Å². The first-order valence-electron chi connectivity index (χ1n) is 12.2. The fourth-order valence-electron chi connectivity index (χ4n) is 3.96. The Morgan fingerprint density at radius 2 is 1.66 bits per heavy atom. The molecule has 3 rings (SSSR count). The molecule has 1 aliphatic rings. The van der Waals surface area contributed by atoms with E-state index >= 15 is 0 Å². The van der Waals surface area contributed by atoms with Crippen LogP contribution in [0.15, 0.2) is 46.2 Å². The van der Waals surface area contributed by atoms with Gasteiger partial charge in [-0.25, -0.2) is 0 Å². The van der Waals surface area contributed by atoms with Gasteiger partial charge in [-0.3, -0.25) is 14.5 Å².